The van der Waals surface area contributed by atoms with Crippen molar-refractivity contribution in [3.8, 4) is 0 Å². The van der Waals surface area contributed by atoms with E-state index in [0.717, 1.165) is 28.1 Å². The van der Waals surface area contributed by atoms with Crippen LogP contribution in [0, 0.1) is 0 Å². The second-order valence-corrected chi connectivity index (χ2v) is 25.3. The van der Waals surface area contributed by atoms with Crippen LogP contribution in [-0.2, 0) is 136 Å². The number of aliphatic hydroxyl groups excluding tert-OH is 18. The van der Waals surface area contributed by atoms with Crippen LogP contribution in [0.4, 0.5) is 0 Å². The van der Waals surface area contributed by atoms with Gasteiger partial charge in [0.25, 0.3) is 0 Å². The van der Waals surface area contributed by atoms with Gasteiger partial charge in [0.1, 0.15) is 181 Å². The van der Waals surface area contributed by atoms with Gasteiger partial charge in [-0.25, -0.2) is 28.1 Å². The van der Waals surface area contributed by atoms with Gasteiger partial charge in [-0.1, -0.05) is 31.3 Å². The third-order valence-corrected chi connectivity index (χ3v) is 18.3. The van der Waals surface area contributed by atoms with Crippen molar-refractivity contribution in [2.24, 2.45) is 0 Å². The van der Waals surface area contributed by atoms with Gasteiger partial charge in [0.05, 0.1) is 116 Å². The third-order valence-electron chi connectivity index (χ3n) is 18.3. The molecule has 22 fully saturated rings. The molecule has 0 unspecified atom stereocenters. The molecule has 102 heavy (non-hydrogen) atoms. The normalized spacial score (nSPS) is 40.1. The molecule has 18 N–H and O–H groups in total. The zero-order valence-corrected chi connectivity index (χ0v) is 53.3. The summed E-state index contributed by atoms with van der Waals surface area (Å²) in [7, 11) is 0. The summed E-state index contributed by atoms with van der Waals surface area (Å²) in [6, 6.07) is 0. The van der Waals surface area contributed by atoms with Crippen molar-refractivity contribution in [1.29, 1.82) is 0 Å². The number of hydrogen-bond donors (Lipinski definition) is 18. The van der Waals surface area contributed by atoms with Crippen LogP contribution in [-0.4, -0.2) is 366 Å². The number of hydrogen-bond acceptors (Lipinski definition) is 42. The second-order valence-electron chi connectivity index (χ2n) is 25.3. The first-order chi connectivity index (χ1) is 49.1. The van der Waals surface area contributed by atoms with E-state index in [4.69, 9.17) is 56.8 Å². The molecule has 28 heterocycles. The van der Waals surface area contributed by atoms with E-state index in [-0.39, 0.29) is 34.2 Å². The molecule has 12 bridgehead atoms. The minimum Gasteiger partial charge on any atom is -0.390 e. The molecule has 6 aromatic rings. The Labute approximate surface area is 571 Å². The van der Waals surface area contributed by atoms with Crippen molar-refractivity contribution >= 4 is 0 Å². The molecule has 6 aromatic heterocycles. The van der Waals surface area contributed by atoms with E-state index in [1.807, 2.05) is 0 Å². The van der Waals surface area contributed by atoms with Crippen LogP contribution >= 0.6 is 0 Å². The Morgan fingerprint density at radius 3 is 0.471 bits per heavy atom. The molecule has 0 aromatic carbocycles. The van der Waals surface area contributed by atoms with Crippen LogP contribution in [0.15, 0.2) is 37.2 Å². The van der Waals surface area contributed by atoms with Gasteiger partial charge in [-0.3, -0.25) is 0 Å². The summed E-state index contributed by atoms with van der Waals surface area (Å²) >= 11 is 0. The Bertz CT molecular complexity index is 3060. The Morgan fingerprint density at radius 1 is 0.216 bits per heavy atom. The molecular formula is C54H78N18O30. The number of ether oxygens (including phenoxy) is 12. The van der Waals surface area contributed by atoms with Crippen molar-refractivity contribution in [1.82, 2.24) is 90.0 Å². The molecule has 0 amide bonds. The Hall–Kier alpha value is -6.36. The first-order valence-electron chi connectivity index (χ1n) is 32.1. The first-order valence-corrected chi connectivity index (χ1v) is 32.1. The summed E-state index contributed by atoms with van der Waals surface area (Å²) in [6.07, 6.45) is -52.4. The highest BCUT2D eigenvalue weighted by molar-refractivity contribution is 5.04. The van der Waals surface area contributed by atoms with E-state index >= 15 is 0 Å². The molecule has 0 radical (unpaired) electrons. The van der Waals surface area contributed by atoms with E-state index in [1.54, 1.807) is 0 Å². The van der Waals surface area contributed by atoms with Gasteiger partial charge in [0, 0.05) is 0 Å². The lowest BCUT2D eigenvalue weighted by Crippen LogP contribution is -2.69. The third kappa shape index (κ3) is 15.5. The fraction of sp³-hybridized carbons (Fsp3) is 0.778. The Balaban J connectivity index is 0.894. The molecule has 0 aliphatic carbocycles. The predicted octanol–water partition coefficient (Wildman–Crippen LogP) is -14.3. The van der Waals surface area contributed by atoms with Crippen LogP contribution in [0.25, 0.3) is 0 Å². The van der Waals surface area contributed by atoms with E-state index in [1.165, 1.54) is 37.2 Å². The average molecular weight is 1460 g/mol. The van der Waals surface area contributed by atoms with Gasteiger partial charge in [0.15, 0.2) is 37.7 Å². The predicted molar refractivity (Wildman–Crippen MR) is 309 cm³/mol. The standard InChI is InChI=1S/C54H78N18O30/c73-13-19-1-67(61-55-19)7-25-43-31(79)37(85)49(91-25)98-44-26(8-68-2-20(14-74)56-62-68)93-51(39(87)33(44)81)100-46-28(10-70-4-22(16-76)58-64-70)95-53(41(89)35(46)83)102-48-30(12-72-6-24(18-78)60-66-72)96-54(42(90)36(48)84)101-47-29(11-71-5-23(17-77)59-65-71)94-52(40(88)34(47)82)99-45-27(9-69-3-21(15-75)57-63-69)92-50(97-43)38(86)32(45)80/h1-6,25-54,73-90H,7-18H2/t25-,26-,27-,28-,29-,30-,31-,32-,33-,34-,35-,36-,37-,38-,39-,40-,41-,42-,43-,44-,45-,46-,47-,48-,49-,50-,51-,52-,53-,54-/m1/s1. The van der Waals surface area contributed by atoms with Crippen LogP contribution in [0.2, 0.25) is 0 Å². The number of aliphatic hydroxyl groups is 18. The quantitative estimate of drug-likeness (QED) is 0.0380. The SMILES string of the molecule is OCc1cn(C[C@H]2O[C@@H]3O[C@H]4[C@H](O)[C@@H](O)[C@@H](O[C@H]5[C@H](O)[C@@H](O)[C@@H](O[C@H]6[C@H](O)[C@@H](O)[C@@H](O[C@H]7[C@H](O)[C@@H](O)[C@@H](O[C@H]8[C@H](O)[C@@H](O)[C@@H](O[C@H]2[C@H](O)[C@H]3O)O[C@@H]8Cn2cc(CO)nn2)O[C@@H]7Cn2cc(CO)nn2)O[C@@H]6Cn2cc(CO)nn2)O[C@@H]5Cn2cc(CO)nn2)O[C@@H]4Cn2cc(CO)nn2)nn1. The number of nitrogens with zero attached hydrogens (tertiary/aromatic N) is 18. The van der Waals surface area contributed by atoms with Gasteiger partial charge < -0.3 is 149 Å². The molecule has 28 rings (SSSR count). The minimum absolute atomic E-state index is 0.0471. The van der Waals surface area contributed by atoms with E-state index < -0.39 is 263 Å². The van der Waals surface area contributed by atoms with Crippen LogP contribution in [0.1, 0.15) is 34.2 Å². The second kappa shape index (κ2) is 31.8. The van der Waals surface area contributed by atoms with E-state index in [0.29, 0.717) is 0 Å². The molecule has 22 aliphatic rings. The van der Waals surface area contributed by atoms with Crippen LogP contribution in [0.5, 0.6) is 0 Å². The monoisotopic (exact) mass is 1460 g/mol. The topological polar surface area (TPSA) is 659 Å². The summed E-state index contributed by atoms with van der Waals surface area (Å²) in [5, 5.41) is 254. The molecule has 30 atom stereocenters. The molecule has 0 spiro atoms. The van der Waals surface area contributed by atoms with Gasteiger partial charge in [0.2, 0.25) is 0 Å². The lowest BCUT2D eigenvalue weighted by atomic mass is 9.94. The summed E-state index contributed by atoms with van der Waals surface area (Å²) in [5.74, 6) is 0. The van der Waals surface area contributed by atoms with Crippen molar-refractivity contribution in [3.63, 3.8) is 0 Å². The zero-order valence-electron chi connectivity index (χ0n) is 53.3. The molecule has 22 saturated heterocycles. The summed E-state index contributed by atoms with van der Waals surface area (Å²) < 4.78 is 83.0. The maximum Gasteiger partial charge on any atom is 0.187 e. The highest BCUT2D eigenvalue weighted by atomic mass is 16.8. The highest BCUT2D eigenvalue weighted by Gasteiger charge is 2.59. The molecule has 564 valence electrons. The Morgan fingerprint density at radius 2 is 0.353 bits per heavy atom. The lowest BCUT2D eigenvalue weighted by Gasteiger charge is -2.51. The van der Waals surface area contributed by atoms with Gasteiger partial charge >= 0.3 is 0 Å². The summed E-state index contributed by atoms with van der Waals surface area (Å²) in [5.41, 5.74) is 0.282. The van der Waals surface area contributed by atoms with Gasteiger partial charge in [-0.05, 0) is 0 Å². The molecule has 48 heteroatoms. The largest absolute Gasteiger partial charge is 0.390 e. The van der Waals surface area contributed by atoms with Crippen LogP contribution < -0.4 is 0 Å². The van der Waals surface area contributed by atoms with Gasteiger partial charge in [-0.15, -0.1) is 30.6 Å². The first kappa shape index (κ1) is 73.9. The molecular weight excluding hydrogens is 1380 g/mol. The summed E-state index contributed by atoms with van der Waals surface area (Å²) in [6.45, 7) is -6.56. The van der Waals surface area contributed by atoms with E-state index in [2.05, 4.69) is 61.9 Å². The molecule has 48 nitrogen and oxygen atoms in total. The van der Waals surface area contributed by atoms with E-state index in [9.17, 15) is 91.9 Å². The average Bonchev–Trinajstić information content (AvgIpc) is 0.789. The van der Waals surface area contributed by atoms with Gasteiger partial charge in [-0.2, -0.15) is 0 Å². The minimum atomic E-state index is -2.24. The number of aromatic nitrogens is 18. The molecule has 22 aliphatic heterocycles. The summed E-state index contributed by atoms with van der Waals surface area (Å²) in [4.78, 5) is 0. The smallest absolute Gasteiger partial charge is 0.187 e. The van der Waals surface area contributed by atoms with Crippen LogP contribution in [0.3, 0.4) is 0 Å². The molecule has 0 saturated carbocycles. The number of rotatable bonds is 18. The fourth-order valence-corrected chi connectivity index (χ4v) is 13.0. The highest BCUT2D eigenvalue weighted by Crippen LogP contribution is 2.40. The Kier molecular flexibility index (Phi) is 23.0. The van der Waals surface area contributed by atoms with Crippen molar-refractivity contribution in [2.45, 2.75) is 263 Å². The van der Waals surface area contributed by atoms with Crippen molar-refractivity contribution in [3.05, 3.63) is 71.3 Å². The van der Waals surface area contributed by atoms with Crippen molar-refractivity contribution < 1.29 is 149 Å². The zero-order chi connectivity index (χ0) is 71.9. The fourth-order valence-electron chi connectivity index (χ4n) is 13.0. The lowest BCUT2D eigenvalue weighted by molar-refractivity contribution is -0.402. The van der Waals surface area contributed by atoms with Crippen molar-refractivity contribution in [2.75, 3.05) is 0 Å². The maximum atomic E-state index is 12.3. The maximum absolute atomic E-state index is 12.3.